The Hall–Kier alpha value is -2.20. The molecule has 3 nitrogen and oxygen atoms in total. The number of rotatable bonds is 4. The molecule has 0 aromatic heterocycles. The van der Waals surface area contributed by atoms with Crippen LogP contribution in [0.25, 0.3) is 11.1 Å². The van der Waals surface area contributed by atoms with Crippen molar-refractivity contribution in [2.75, 3.05) is 0 Å². The number of carbonyl (C=O) groups excluding carboxylic acids is 1. The molecular formula is C18H13BrO3. The van der Waals surface area contributed by atoms with Crippen molar-refractivity contribution in [2.45, 2.75) is 13.0 Å². The quantitative estimate of drug-likeness (QED) is 0.663. The summed E-state index contributed by atoms with van der Waals surface area (Å²) in [7, 11) is 0. The molecule has 0 spiro atoms. The molecule has 4 heteroatoms. The molecule has 0 bridgehead atoms. The van der Waals surface area contributed by atoms with Gasteiger partial charge in [-0.3, -0.25) is 9.59 Å². The van der Waals surface area contributed by atoms with Crippen LogP contribution < -0.4 is 5.43 Å². The first-order valence-corrected chi connectivity index (χ1v) is 7.64. The molecule has 22 heavy (non-hydrogen) atoms. The third kappa shape index (κ3) is 2.88. The van der Waals surface area contributed by atoms with Crippen molar-refractivity contribution in [3.05, 3.63) is 80.4 Å². The number of esters is 1. The van der Waals surface area contributed by atoms with Gasteiger partial charge in [-0.15, -0.1) is 0 Å². The van der Waals surface area contributed by atoms with Gasteiger partial charge in [-0.2, -0.15) is 0 Å². The minimum absolute atomic E-state index is 0.0413. The highest BCUT2D eigenvalue weighted by molar-refractivity contribution is 9.10. The lowest BCUT2D eigenvalue weighted by Crippen LogP contribution is -2.09. The van der Waals surface area contributed by atoms with Crippen LogP contribution >= 0.6 is 15.9 Å². The van der Waals surface area contributed by atoms with E-state index in [-0.39, 0.29) is 5.43 Å². The summed E-state index contributed by atoms with van der Waals surface area (Å²) in [5, 5.41) is 0. The van der Waals surface area contributed by atoms with Gasteiger partial charge in [-0.05, 0) is 23.3 Å². The molecule has 3 aromatic rings. The Morgan fingerprint density at radius 3 is 2.27 bits per heavy atom. The minimum Gasteiger partial charge on any atom is -0.453 e. The highest BCUT2D eigenvalue weighted by atomic mass is 79.9. The van der Waals surface area contributed by atoms with E-state index < -0.39 is 12.1 Å². The first kappa shape index (κ1) is 14.7. The molecule has 0 aliphatic heterocycles. The maximum atomic E-state index is 12.2. The van der Waals surface area contributed by atoms with Gasteiger partial charge in [0.05, 0.1) is 5.56 Å². The molecule has 0 fully saturated rings. The smallest absolute Gasteiger partial charge is 0.303 e. The van der Waals surface area contributed by atoms with Crippen molar-refractivity contribution in [1.82, 2.24) is 0 Å². The summed E-state index contributed by atoms with van der Waals surface area (Å²) in [6.45, 7) is 1.35. The van der Waals surface area contributed by atoms with E-state index in [1.54, 1.807) is 0 Å². The lowest BCUT2D eigenvalue weighted by atomic mass is 10.1. The number of halogens is 1. The Bertz CT molecular complexity index is 812. The predicted molar refractivity (Wildman–Crippen MR) is 88.3 cm³/mol. The molecule has 0 amide bonds. The van der Waals surface area contributed by atoms with E-state index in [2.05, 4.69) is 15.9 Å². The fourth-order valence-corrected chi connectivity index (χ4v) is 2.69. The third-order valence-corrected chi connectivity index (χ3v) is 3.99. The Morgan fingerprint density at radius 2 is 1.68 bits per heavy atom. The molecule has 0 saturated carbocycles. The molecule has 0 radical (unpaired) electrons. The van der Waals surface area contributed by atoms with Crippen LogP contribution in [0.5, 0.6) is 0 Å². The van der Waals surface area contributed by atoms with Crippen LogP contribution in [0.3, 0.4) is 0 Å². The highest BCUT2D eigenvalue weighted by Crippen LogP contribution is 2.36. The van der Waals surface area contributed by atoms with Gasteiger partial charge in [0.1, 0.15) is 0 Å². The topological polar surface area (TPSA) is 43.4 Å². The SMILES string of the molecule is CC(=O)OC(c1ccc(Br)cc1)c1c(-c2ccccc2)c1=O. The number of benzene rings is 2. The van der Waals surface area contributed by atoms with Gasteiger partial charge >= 0.3 is 5.97 Å². The van der Waals surface area contributed by atoms with E-state index in [0.29, 0.717) is 11.1 Å². The van der Waals surface area contributed by atoms with Gasteiger partial charge in [0.25, 0.3) is 0 Å². The predicted octanol–water partition coefficient (Wildman–Crippen LogP) is 4.00. The van der Waals surface area contributed by atoms with Gasteiger partial charge in [0.15, 0.2) is 11.5 Å². The van der Waals surface area contributed by atoms with Crippen LogP contribution in [0, 0.1) is 0 Å². The van der Waals surface area contributed by atoms with Crippen molar-refractivity contribution in [1.29, 1.82) is 0 Å². The van der Waals surface area contributed by atoms with Gasteiger partial charge < -0.3 is 4.74 Å². The lowest BCUT2D eigenvalue weighted by molar-refractivity contribution is -0.144. The van der Waals surface area contributed by atoms with Crippen molar-refractivity contribution in [2.24, 2.45) is 0 Å². The third-order valence-electron chi connectivity index (χ3n) is 3.46. The Labute approximate surface area is 136 Å². The molecule has 3 aromatic carbocycles. The highest BCUT2D eigenvalue weighted by Gasteiger charge is 2.33. The number of hydrogen-bond acceptors (Lipinski definition) is 3. The van der Waals surface area contributed by atoms with Crippen LogP contribution in [0.4, 0.5) is 0 Å². The second kappa shape index (κ2) is 5.89. The van der Waals surface area contributed by atoms with Crippen molar-refractivity contribution < 1.29 is 9.53 Å². The van der Waals surface area contributed by atoms with Gasteiger partial charge in [0.2, 0.25) is 0 Å². The maximum absolute atomic E-state index is 12.2. The van der Waals surface area contributed by atoms with Gasteiger partial charge in [0, 0.05) is 17.0 Å². The second-order valence-corrected chi connectivity index (χ2v) is 5.94. The van der Waals surface area contributed by atoms with Crippen LogP contribution in [-0.4, -0.2) is 5.97 Å². The Kier molecular flexibility index (Phi) is 3.94. The van der Waals surface area contributed by atoms with Gasteiger partial charge in [-0.25, -0.2) is 0 Å². The lowest BCUT2D eigenvalue weighted by Gasteiger charge is -2.14. The van der Waals surface area contributed by atoms with E-state index in [9.17, 15) is 9.59 Å². The van der Waals surface area contributed by atoms with Gasteiger partial charge in [-0.1, -0.05) is 58.4 Å². The molecular weight excluding hydrogens is 344 g/mol. The van der Waals surface area contributed by atoms with E-state index in [1.165, 1.54) is 6.92 Å². The van der Waals surface area contributed by atoms with E-state index in [0.717, 1.165) is 15.6 Å². The summed E-state index contributed by atoms with van der Waals surface area (Å²) < 4.78 is 6.32. The monoisotopic (exact) mass is 356 g/mol. The number of ether oxygens (including phenoxy) is 1. The number of carbonyl (C=O) groups is 1. The summed E-state index contributed by atoms with van der Waals surface area (Å²) in [6.07, 6.45) is -0.645. The van der Waals surface area contributed by atoms with Crippen LogP contribution in [0.15, 0.2) is 63.9 Å². The maximum Gasteiger partial charge on any atom is 0.303 e. The standard InChI is InChI=1S/C18H13BrO3/c1-11(20)22-18(13-7-9-14(19)10-8-13)16-15(17(16)21)12-5-3-2-4-6-12/h2-10,18H,1H3. The molecule has 3 rings (SSSR count). The zero-order valence-corrected chi connectivity index (χ0v) is 13.5. The van der Waals surface area contributed by atoms with Crippen LogP contribution in [0.2, 0.25) is 0 Å². The first-order valence-electron chi connectivity index (χ1n) is 6.85. The summed E-state index contributed by atoms with van der Waals surface area (Å²) in [5.41, 5.74) is 2.81. The van der Waals surface area contributed by atoms with E-state index in [4.69, 9.17) is 4.74 Å². The molecule has 110 valence electrons. The molecule has 1 unspecified atom stereocenters. The normalized spacial score (nSPS) is 12.3. The summed E-state index contributed by atoms with van der Waals surface area (Å²) >= 11 is 3.37. The van der Waals surface area contributed by atoms with Crippen LogP contribution in [0.1, 0.15) is 24.2 Å². The Balaban J connectivity index is 2.00. The average Bonchev–Trinajstić information content (AvgIpc) is 3.17. The largest absolute Gasteiger partial charge is 0.453 e. The molecule has 0 saturated heterocycles. The fraction of sp³-hybridized carbons (Fsp3) is 0.111. The zero-order chi connectivity index (χ0) is 15.7. The van der Waals surface area contributed by atoms with Crippen molar-refractivity contribution in [3.8, 4) is 11.1 Å². The fourth-order valence-electron chi connectivity index (χ4n) is 2.42. The van der Waals surface area contributed by atoms with E-state index >= 15 is 0 Å². The molecule has 0 aliphatic carbocycles. The average molecular weight is 357 g/mol. The van der Waals surface area contributed by atoms with Crippen LogP contribution in [-0.2, 0) is 9.53 Å². The van der Waals surface area contributed by atoms with E-state index in [1.807, 2.05) is 54.6 Å². The van der Waals surface area contributed by atoms with Crippen molar-refractivity contribution >= 4 is 21.9 Å². The van der Waals surface area contributed by atoms with Crippen molar-refractivity contribution in [3.63, 3.8) is 0 Å². The summed E-state index contributed by atoms with van der Waals surface area (Å²) in [4.78, 5) is 23.6. The first-order chi connectivity index (χ1) is 10.6. The second-order valence-electron chi connectivity index (χ2n) is 5.02. The molecule has 1 atom stereocenters. The number of hydrogen-bond donors (Lipinski definition) is 0. The summed E-state index contributed by atoms with van der Waals surface area (Å²) in [6, 6.07) is 16.8. The zero-order valence-electron chi connectivity index (χ0n) is 11.9. The minimum atomic E-state index is -0.645. The molecule has 0 aliphatic rings. The molecule has 0 N–H and O–H groups in total. The summed E-state index contributed by atoms with van der Waals surface area (Å²) in [5.74, 6) is -0.410. The Morgan fingerprint density at radius 1 is 1.05 bits per heavy atom. The molecule has 0 heterocycles.